The summed E-state index contributed by atoms with van der Waals surface area (Å²) in [7, 11) is 1.62. The number of ether oxygens (including phenoxy) is 3. The molecule has 0 heterocycles. The monoisotopic (exact) mass is 286 g/mol. The Bertz CT molecular complexity index is 350. The van der Waals surface area contributed by atoms with Gasteiger partial charge in [-0.1, -0.05) is 6.07 Å². The Hall–Kier alpha value is -0.740. The molecule has 0 amide bonds. The van der Waals surface area contributed by atoms with Crippen molar-refractivity contribution in [1.29, 1.82) is 0 Å². The van der Waals surface area contributed by atoms with Crippen LogP contribution in [0.25, 0.3) is 0 Å². The maximum absolute atomic E-state index is 5.56. The normalized spacial score (nSPS) is 14.9. The molecule has 0 spiro atoms. The number of halogens is 1. The number of alkyl halides is 1. The lowest BCUT2D eigenvalue weighted by molar-refractivity contribution is 0.0502. The fourth-order valence-corrected chi connectivity index (χ4v) is 1.98. The van der Waals surface area contributed by atoms with Crippen LogP contribution in [0.1, 0.15) is 24.3 Å². The van der Waals surface area contributed by atoms with Crippen molar-refractivity contribution in [3.63, 3.8) is 0 Å². The molecule has 3 nitrogen and oxygen atoms in total. The Morgan fingerprint density at radius 3 is 2.50 bits per heavy atom. The molecule has 4 heteroatoms. The summed E-state index contributed by atoms with van der Waals surface area (Å²) in [6.07, 6.45) is 2.43. The second kappa shape index (κ2) is 5.55. The molecule has 1 saturated carbocycles. The van der Waals surface area contributed by atoms with Gasteiger partial charge in [0.1, 0.15) is 17.0 Å². The fourth-order valence-electron chi connectivity index (χ4n) is 1.73. The lowest BCUT2D eigenvalue weighted by atomic mass is 10.1. The van der Waals surface area contributed by atoms with E-state index in [2.05, 4.69) is 15.9 Å². The molecule has 0 saturated heterocycles. The van der Waals surface area contributed by atoms with Crippen LogP contribution in [0.2, 0.25) is 0 Å². The Kier molecular flexibility index (Phi) is 4.07. The van der Waals surface area contributed by atoms with E-state index in [9.17, 15) is 0 Å². The lowest BCUT2D eigenvalue weighted by Gasteiger charge is -2.14. The molecule has 0 unspecified atom stereocenters. The zero-order valence-electron chi connectivity index (χ0n) is 9.24. The quantitative estimate of drug-likeness (QED) is 0.593. The molecule has 2 rings (SSSR count). The van der Waals surface area contributed by atoms with E-state index in [1.165, 1.54) is 18.4 Å². The summed E-state index contributed by atoms with van der Waals surface area (Å²) in [5, 5.41) is 0. The molecule has 88 valence electrons. The first-order chi connectivity index (χ1) is 7.86. The summed E-state index contributed by atoms with van der Waals surface area (Å²) in [4.78, 5) is 0. The van der Waals surface area contributed by atoms with E-state index >= 15 is 0 Å². The van der Waals surface area contributed by atoms with Gasteiger partial charge in [0, 0.05) is 12.7 Å². The number of methoxy groups -OCH3 is 1. The molecule has 1 aromatic rings. The van der Waals surface area contributed by atoms with Crippen LogP contribution < -0.4 is 9.47 Å². The highest BCUT2D eigenvalue weighted by molar-refractivity contribution is 9.09. The topological polar surface area (TPSA) is 27.7 Å². The summed E-state index contributed by atoms with van der Waals surface area (Å²) >= 11 is 3.28. The Morgan fingerprint density at radius 1 is 1.25 bits per heavy atom. The largest absolute Gasteiger partial charge is 0.482 e. The van der Waals surface area contributed by atoms with Crippen LogP contribution in [-0.2, 0) is 4.74 Å². The van der Waals surface area contributed by atoms with Crippen LogP contribution >= 0.6 is 15.9 Å². The first kappa shape index (κ1) is 11.7. The second-order valence-corrected chi connectivity index (χ2v) is 4.20. The van der Waals surface area contributed by atoms with Crippen LogP contribution in [0.4, 0.5) is 0 Å². The number of hydrogen-bond donors (Lipinski definition) is 0. The zero-order valence-corrected chi connectivity index (χ0v) is 10.8. The maximum Gasteiger partial charge on any atom is 0.188 e. The van der Waals surface area contributed by atoms with E-state index in [1.54, 1.807) is 7.11 Å². The van der Waals surface area contributed by atoms with Crippen molar-refractivity contribution in [3.05, 3.63) is 23.8 Å². The predicted octanol–water partition coefficient (Wildman–Crippen LogP) is 3.28. The average Bonchev–Trinajstić information content (AvgIpc) is 3.11. The van der Waals surface area contributed by atoms with Crippen molar-refractivity contribution in [3.8, 4) is 11.5 Å². The average molecular weight is 287 g/mol. The van der Waals surface area contributed by atoms with Crippen LogP contribution in [0, 0.1) is 0 Å². The van der Waals surface area contributed by atoms with Gasteiger partial charge in [-0.15, -0.1) is 0 Å². The molecule has 16 heavy (non-hydrogen) atoms. The maximum atomic E-state index is 5.56. The van der Waals surface area contributed by atoms with Crippen molar-refractivity contribution in [2.45, 2.75) is 18.8 Å². The van der Waals surface area contributed by atoms with Crippen LogP contribution in [0.5, 0.6) is 11.5 Å². The fraction of sp³-hybridized carbons (Fsp3) is 0.500. The number of rotatable bonds is 6. The standard InChI is InChI=1S/C12H15BrO3/c1-14-8-16-11-4-2-3-10(15-7-13)12(11)9-5-6-9/h2-4,9H,5-8H2,1H3. The van der Waals surface area contributed by atoms with E-state index in [1.807, 2.05) is 18.2 Å². The summed E-state index contributed by atoms with van der Waals surface area (Å²) in [6.45, 7) is 0.275. The zero-order chi connectivity index (χ0) is 11.4. The molecule has 1 aliphatic rings. The van der Waals surface area contributed by atoms with Gasteiger partial charge in [0.2, 0.25) is 0 Å². The SMILES string of the molecule is COCOc1cccc(OCBr)c1C1CC1. The Balaban J connectivity index is 2.23. The predicted molar refractivity (Wildman–Crippen MR) is 65.3 cm³/mol. The van der Waals surface area contributed by atoms with Gasteiger partial charge >= 0.3 is 0 Å². The van der Waals surface area contributed by atoms with Gasteiger partial charge in [-0.3, -0.25) is 0 Å². The molecule has 1 aromatic carbocycles. The summed E-state index contributed by atoms with van der Waals surface area (Å²) in [5.74, 6) is 2.37. The first-order valence-corrected chi connectivity index (χ1v) is 6.42. The highest BCUT2D eigenvalue weighted by Gasteiger charge is 2.30. The van der Waals surface area contributed by atoms with Crippen LogP contribution in [0.3, 0.4) is 0 Å². The van der Waals surface area contributed by atoms with Gasteiger partial charge in [0.05, 0.1) is 0 Å². The van der Waals surface area contributed by atoms with Crippen LogP contribution in [0.15, 0.2) is 18.2 Å². The molecule has 0 atom stereocenters. The summed E-state index contributed by atoms with van der Waals surface area (Å²) in [5.41, 5.74) is 1.68. The van der Waals surface area contributed by atoms with Gasteiger partial charge in [0.25, 0.3) is 0 Å². The minimum Gasteiger partial charge on any atom is -0.482 e. The van der Waals surface area contributed by atoms with Gasteiger partial charge < -0.3 is 14.2 Å². The van der Waals surface area contributed by atoms with E-state index in [-0.39, 0.29) is 6.79 Å². The van der Waals surface area contributed by atoms with E-state index in [0.29, 0.717) is 11.4 Å². The molecule has 1 aliphatic carbocycles. The van der Waals surface area contributed by atoms with Crippen molar-refractivity contribution in [2.75, 3.05) is 19.4 Å². The molecular formula is C12H15BrO3. The third kappa shape index (κ3) is 2.68. The van der Waals surface area contributed by atoms with Crippen molar-refractivity contribution >= 4 is 15.9 Å². The highest BCUT2D eigenvalue weighted by atomic mass is 79.9. The second-order valence-electron chi connectivity index (χ2n) is 3.75. The Morgan fingerprint density at radius 2 is 1.94 bits per heavy atom. The molecule has 0 N–H and O–H groups in total. The number of hydrogen-bond acceptors (Lipinski definition) is 3. The molecular weight excluding hydrogens is 272 g/mol. The van der Waals surface area contributed by atoms with E-state index < -0.39 is 0 Å². The smallest absolute Gasteiger partial charge is 0.188 e. The van der Waals surface area contributed by atoms with Gasteiger partial charge in [0.15, 0.2) is 6.79 Å². The first-order valence-electron chi connectivity index (χ1n) is 5.30. The van der Waals surface area contributed by atoms with Gasteiger partial charge in [-0.25, -0.2) is 0 Å². The highest BCUT2D eigenvalue weighted by Crippen LogP contribution is 2.48. The molecule has 0 radical (unpaired) electrons. The Labute approximate surface area is 104 Å². The third-order valence-corrected chi connectivity index (χ3v) is 2.78. The van der Waals surface area contributed by atoms with Crippen LogP contribution in [-0.4, -0.2) is 19.4 Å². The third-order valence-electron chi connectivity index (χ3n) is 2.55. The minimum absolute atomic E-state index is 0.275. The molecule has 1 fully saturated rings. The minimum atomic E-state index is 0.275. The van der Waals surface area contributed by atoms with Crippen molar-refractivity contribution < 1.29 is 14.2 Å². The molecule has 0 bridgehead atoms. The van der Waals surface area contributed by atoms with Gasteiger partial charge in [-0.05, 0) is 46.8 Å². The van der Waals surface area contributed by atoms with E-state index in [4.69, 9.17) is 14.2 Å². The molecule has 0 aromatic heterocycles. The number of benzene rings is 1. The van der Waals surface area contributed by atoms with Gasteiger partial charge in [-0.2, -0.15) is 0 Å². The lowest BCUT2D eigenvalue weighted by Crippen LogP contribution is -2.03. The molecule has 0 aliphatic heterocycles. The summed E-state index contributed by atoms with van der Waals surface area (Å²) in [6, 6.07) is 5.89. The van der Waals surface area contributed by atoms with E-state index in [0.717, 1.165) is 11.5 Å². The summed E-state index contributed by atoms with van der Waals surface area (Å²) < 4.78 is 16.0. The van der Waals surface area contributed by atoms with Crippen molar-refractivity contribution in [2.24, 2.45) is 0 Å². The van der Waals surface area contributed by atoms with Crippen molar-refractivity contribution in [1.82, 2.24) is 0 Å².